The summed E-state index contributed by atoms with van der Waals surface area (Å²) >= 11 is 0. The third-order valence-electron chi connectivity index (χ3n) is 4.32. The smallest absolute Gasteiger partial charge is 0.336 e. The van der Waals surface area contributed by atoms with Gasteiger partial charge >= 0.3 is 11.9 Å². The molecule has 24 heavy (non-hydrogen) atoms. The Kier molecular flexibility index (Phi) is 8.36. The van der Waals surface area contributed by atoms with E-state index >= 15 is 0 Å². The second kappa shape index (κ2) is 10.8. The molecule has 0 atom stereocenters. The fraction of sp³-hybridized carbons (Fsp3) is 0.600. The number of carbonyl (C=O) groups excluding carboxylic acids is 2. The Labute approximate surface area is 144 Å². The third-order valence-corrected chi connectivity index (χ3v) is 4.32. The van der Waals surface area contributed by atoms with Crippen molar-refractivity contribution in [2.75, 3.05) is 0 Å². The fourth-order valence-electron chi connectivity index (χ4n) is 2.97. The van der Waals surface area contributed by atoms with E-state index in [0.717, 1.165) is 75.0 Å². The zero-order valence-corrected chi connectivity index (χ0v) is 14.4. The predicted molar refractivity (Wildman–Crippen MR) is 92.9 cm³/mol. The van der Waals surface area contributed by atoms with Gasteiger partial charge in [0.25, 0.3) is 0 Å². The lowest BCUT2D eigenvalue weighted by Crippen LogP contribution is -2.06. The highest BCUT2D eigenvalue weighted by atomic mass is 16.5. The first-order chi connectivity index (χ1) is 11.7. The molecule has 2 rings (SSSR count). The lowest BCUT2D eigenvalue weighted by atomic mass is 10.1. The first kappa shape index (κ1) is 18.5. The molecule has 0 fully saturated rings. The molecule has 0 aliphatic heterocycles. The second-order valence-corrected chi connectivity index (χ2v) is 6.42. The molecule has 4 heteroatoms. The van der Waals surface area contributed by atoms with Crippen LogP contribution in [0.4, 0.5) is 0 Å². The van der Waals surface area contributed by atoms with E-state index in [4.69, 9.17) is 9.47 Å². The quantitative estimate of drug-likeness (QED) is 0.530. The van der Waals surface area contributed by atoms with Crippen LogP contribution in [0, 0.1) is 0 Å². The highest BCUT2D eigenvalue weighted by molar-refractivity contribution is 5.92. The Morgan fingerprint density at radius 3 is 1.54 bits per heavy atom. The largest absolute Gasteiger partial charge is 0.428 e. The monoisotopic (exact) mass is 332 g/mol. The van der Waals surface area contributed by atoms with E-state index in [-0.39, 0.29) is 0 Å². The molecule has 0 N–H and O–H groups in total. The van der Waals surface area contributed by atoms with Crippen LogP contribution in [0.5, 0.6) is 0 Å². The summed E-state index contributed by atoms with van der Waals surface area (Å²) in [4.78, 5) is 23.7. The molecular formula is C20H28O4. The van der Waals surface area contributed by atoms with Gasteiger partial charge in [-0.15, -0.1) is 0 Å². The van der Waals surface area contributed by atoms with Gasteiger partial charge in [-0.25, -0.2) is 9.59 Å². The van der Waals surface area contributed by atoms with Gasteiger partial charge in [-0.3, -0.25) is 0 Å². The van der Waals surface area contributed by atoms with Crippen LogP contribution in [0.3, 0.4) is 0 Å². The van der Waals surface area contributed by atoms with Crippen LogP contribution < -0.4 is 0 Å². The second-order valence-electron chi connectivity index (χ2n) is 6.42. The standard InChI is InChI=1S/C20H28O4/c21-19(23-17-11-7-3-1-4-8-12-17)15-16-20(22)24-18-13-9-5-2-6-10-14-18/h11,13,15-16H,1-10,12,14H2/b16-15-,17-11-,18-13-. The third kappa shape index (κ3) is 7.62. The van der Waals surface area contributed by atoms with Gasteiger partial charge in [-0.05, 0) is 50.7 Å². The summed E-state index contributed by atoms with van der Waals surface area (Å²) in [6, 6.07) is 0. The summed E-state index contributed by atoms with van der Waals surface area (Å²) in [7, 11) is 0. The molecule has 0 bridgehead atoms. The lowest BCUT2D eigenvalue weighted by Gasteiger charge is -2.11. The zero-order valence-electron chi connectivity index (χ0n) is 14.4. The molecule has 0 radical (unpaired) electrons. The van der Waals surface area contributed by atoms with Crippen molar-refractivity contribution in [1.29, 1.82) is 0 Å². The summed E-state index contributed by atoms with van der Waals surface area (Å²) in [5, 5.41) is 0. The molecular weight excluding hydrogens is 304 g/mol. The molecule has 0 aromatic heterocycles. The van der Waals surface area contributed by atoms with E-state index in [2.05, 4.69) is 0 Å². The summed E-state index contributed by atoms with van der Waals surface area (Å²) in [6.07, 6.45) is 18.9. The molecule has 0 heterocycles. The van der Waals surface area contributed by atoms with E-state index < -0.39 is 11.9 Å². The van der Waals surface area contributed by atoms with Crippen LogP contribution in [0.25, 0.3) is 0 Å². The van der Waals surface area contributed by atoms with Gasteiger partial charge in [0.05, 0.1) is 0 Å². The SMILES string of the molecule is O=C(/C=C\C(=O)O/C1=C\CCCCCC1)O/C1=C\CCCCCC1. The minimum absolute atomic E-state index is 0.509. The molecule has 0 spiro atoms. The molecule has 0 saturated carbocycles. The molecule has 4 nitrogen and oxygen atoms in total. The van der Waals surface area contributed by atoms with Crippen molar-refractivity contribution in [3.8, 4) is 0 Å². The minimum Gasteiger partial charge on any atom is -0.428 e. The van der Waals surface area contributed by atoms with Crippen molar-refractivity contribution >= 4 is 11.9 Å². The number of carbonyl (C=O) groups is 2. The zero-order chi connectivity index (χ0) is 17.0. The molecule has 0 saturated heterocycles. The van der Waals surface area contributed by atoms with Crippen molar-refractivity contribution in [3.05, 3.63) is 35.8 Å². The Morgan fingerprint density at radius 2 is 1.08 bits per heavy atom. The van der Waals surface area contributed by atoms with Crippen LogP contribution in [0.15, 0.2) is 35.8 Å². The number of allylic oxidation sites excluding steroid dienone is 4. The van der Waals surface area contributed by atoms with Crippen LogP contribution >= 0.6 is 0 Å². The maximum Gasteiger partial charge on any atom is 0.336 e. The van der Waals surface area contributed by atoms with Gasteiger partial charge in [0.2, 0.25) is 0 Å². The molecule has 2 aliphatic carbocycles. The Balaban J connectivity index is 1.78. The van der Waals surface area contributed by atoms with Gasteiger partial charge in [0, 0.05) is 25.0 Å². The molecule has 0 aromatic rings. The van der Waals surface area contributed by atoms with Crippen LogP contribution in [-0.2, 0) is 19.1 Å². The average Bonchev–Trinajstić information content (AvgIpc) is 2.50. The summed E-state index contributed by atoms with van der Waals surface area (Å²) in [6.45, 7) is 0. The molecule has 0 aromatic carbocycles. The Bertz CT molecular complexity index is 468. The van der Waals surface area contributed by atoms with E-state index in [1.165, 1.54) is 25.7 Å². The van der Waals surface area contributed by atoms with Gasteiger partial charge in [0.1, 0.15) is 11.5 Å². The van der Waals surface area contributed by atoms with Gasteiger partial charge in [-0.1, -0.05) is 25.7 Å². The highest BCUT2D eigenvalue weighted by Crippen LogP contribution is 2.19. The van der Waals surface area contributed by atoms with E-state index in [1.54, 1.807) is 0 Å². The molecule has 2 aliphatic rings. The topological polar surface area (TPSA) is 52.6 Å². The number of ether oxygens (including phenoxy) is 2. The average molecular weight is 332 g/mol. The van der Waals surface area contributed by atoms with Crippen molar-refractivity contribution in [2.24, 2.45) is 0 Å². The molecule has 0 unspecified atom stereocenters. The first-order valence-electron chi connectivity index (χ1n) is 9.24. The van der Waals surface area contributed by atoms with Gasteiger partial charge in [-0.2, -0.15) is 0 Å². The summed E-state index contributed by atoms with van der Waals surface area (Å²) in [5.74, 6) is 0.428. The maximum atomic E-state index is 11.8. The van der Waals surface area contributed by atoms with E-state index in [0.29, 0.717) is 0 Å². The number of hydrogen-bond acceptors (Lipinski definition) is 4. The number of esters is 2. The summed E-state index contributed by atoms with van der Waals surface area (Å²) < 4.78 is 10.6. The van der Waals surface area contributed by atoms with E-state index in [9.17, 15) is 9.59 Å². The Hall–Kier alpha value is -1.84. The highest BCUT2D eigenvalue weighted by Gasteiger charge is 2.09. The van der Waals surface area contributed by atoms with Gasteiger partial charge < -0.3 is 9.47 Å². The maximum absolute atomic E-state index is 11.8. The van der Waals surface area contributed by atoms with Crippen molar-refractivity contribution < 1.29 is 19.1 Å². The minimum atomic E-state index is -0.509. The van der Waals surface area contributed by atoms with Crippen LogP contribution in [0.1, 0.15) is 77.0 Å². The lowest BCUT2D eigenvalue weighted by molar-refractivity contribution is -0.136. The van der Waals surface area contributed by atoms with Crippen molar-refractivity contribution in [1.82, 2.24) is 0 Å². The normalized spacial score (nSPS) is 24.3. The fourth-order valence-corrected chi connectivity index (χ4v) is 2.97. The summed E-state index contributed by atoms with van der Waals surface area (Å²) in [5.41, 5.74) is 0. The van der Waals surface area contributed by atoms with Crippen molar-refractivity contribution in [3.63, 3.8) is 0 Å². The molecule has 132 valence electrons. The first-order valence-corrected chi connectivity index (χ1v) is 9.24. The Morgan fingerprint density at radius 1 is 0.667 bits per heavy atom. The molecule has 0 amide bonds. The van der Waals surface area contributed by atoms with Crippen LogP contribution in [0.2, 0.25) is 0 Å². The van der Waals surface area contributed by atoms with Gasteiger partial charge in [0.15, 0.2) is 0 Å². The predicted octanol–water partition coefficient (Wildman–Crippen LogP) is 5.11. The number of rotatable bonds is 4. The number of hydrogen-bond donors (Lipinski definition) is 0. The van der Waals surface area contributed by atoms with E-state index in [1.807, 2.05) is 12.2 Å². The van der Waals surface area contributed by atoms with Crippen molar-refractivity contribution in [2.45, 2.75) is 77.0 Å². The van der Waals surface area contributed by atoms with Crippen LogP contribution in [-0.4, -0.2) is 11.9 Å².